The third-order valence-electron chi connectivity index (χ3n) is 2.37. The lowest BCUT2D eigenvalue weighted by molar-refractivity contribution is 0.372. The molecule has 16 heavy (non-hydrogen) atoms. The summed E-state index contributed by atoms with van der Waals surface area (Å²) in [5.74, 6) is 0.259. The molecule has 1 aromatic carbocycles. The molecule has 0 amide bonds. The number of methoxy groups -OCH3 is 1. The number of rotatable bonds is 5. The fraction of sp³-hybridized carbons (Fsp3) is 0.417. The van der Waals surface area contributed by atoms with E-state index < -0.39 is 0 Å². The number of unbranched alkanes of at least 4 members (excludes halogenated alkanes) is 1. The van der Waals surface area contributed by atoms with Gasteiger partial charge in [0.05, 0.1) is 12.7 Å². The lowest BCUT2D eigenvalue weighted by atomic mass is 10.0. The Morgan fingerprint density at radius 2 is 2.19 bits per heavy atom. The van der Waals surface area contributed by atoms with Gasteiger partial charge in [0.25, 0.3) is 0 Å². The molecule has 0 heterocycles. The number of aryl methyl sites for hydroxylation is 1. The smallest absolute Gasteiger partial charge is 0.178 e. The Hall–Kier alpha value is -1.73. The van der Waals surface area contributed by atoms with Crippen LogP contribution in [0.1, 0.15) is 24.0 Å². The average molecular weight is 220 g/mol. The van der Waals surface area contributed by atoms with Crippen molar-refractivity contribution in [2.24, 2.45) is 5.73 Å². The van der Waals surface area contributed by atoms with E-state index >= 15 is 0 Å². The summed E-state index contributed by atoms with van der Waals surface area (Å²) >= 11 is 0. The molecule has 0 aliphatic rings. The van der Waals surface area contributed by atoms with Gasteiger partial charge in [-0.2, -0.15) is 5.26 Å². The van der Waals surface area contributed by atoms with Gasteiger partial charge in [-0.3, -0.25) is 0 Å². The maximum atomic E-state index is 9.66. The zero-order valence-electron chi connectivity index (χ0n) is 9.36. The highest BCUT2D eigenvalue weighted by Gasteiger charge is 2.10. The van der Waals surface area contributed by atoms with Crippen LogP contribution in [0, 0.1) is 11.3 Å². The van der Waals surface area contributed by atoms with Crippen LogP contribution in [0.25, 0.3) is 0 Å². The highest BCUT2D eigenvalue weighted by Crippen LogP contribution is 2.31. The fourth-order valence-corrected chi connectivity index (χ4v) is 1.59. The van der Waals surface area contributed by atoms with Crippen LogP contribution in [0.4, 0.5) is 0 Å². The number of ether oxygens (including phenoxy) is 1. The summed E-state index contributed by atoms with van der Waals surface area (Å²) in [6, 6.07) is 5.39. The number of nitrogens with zero attached hydrogens (tertiary/aromatic N) is 1. The number of nitrogens with two attached hydrogens (primary N) is 1. The molecule has 0 spiro atoms. The molecule has 0 saturated carbocycles. The maximum Gasteiger partial charge on any atom is 0.178 e. The topological polar surface area (TPSA) is 79.3 Å². The van der Waals surface area contributed by atoms with Gasteiger partial charge in [-0.25, -0.2) is 0 Å². The number of aromatic hydroxyl groups is 1. The van der Waals surface area contributed by atoms with E-state index in [1.807, 2.05) is 6.07 Å². The second kappa shape index (κ2) is 5.99. The molecule has 86 valence electrons. The van der Waals surface area contributed by atoms with E-state index in [4.69, 9.17) is 15.7 Å². The summed E-state index contributed by atoms with van der Waals surface area (Å²) in [5.41, 5.74) is 6.70. The van der Waals surface area contributed by atoms with Gasteiger partial charge in [0, 0.05) is 0 Å². The minimum Gasteiger partial charge on any atom is -0.504 e. The van der Waals surface area contributed by atoms with Crippen LogP contribution in [-0.2, 0) is 6.42 Å². The minimum atomic E-state index is 0.0179. The molecule has 4 nitrogen and oxygen atoms in total. The fourth-order valence-electron chi connectivity index (χ4n) is 1.59. The van der Waals surface area contributed by atoms with Crippen LogP contribution in [0.3, 0.4) is 0 Å². The molecule has 0 fully saturated rings. The Kier molecular flexibility index (Phi) is 4.62. The highest BCUT2D eigenvalue weighted by atomic mass is 16.5. The zero-order chi connectivity index (χ0) is 12.0. The van der Waals surface area contributed by atoms with Gasteiger partial charge in [0.15, 0.2) is 11.5 Å². The third kappa shape index (κ3) is 2.88. The van der Waals surface area contributed by atoms with E-state index in [0.717, 1.165) is 24.8 Å². The predicted octanol–water partition coefficient (Wildman–Crippen LogP) is 1.55. The number of benzene rings is 1. The first-order chi connectivity index (χ1) is 7.72. The number of hydrogen-bond acceptors (Lipinski definition) is 4. The number of phenols is 1. The van der Waals surface area contributed by atoms with Crippen molar-refractivity contribution in [3.63, 3.8) is 0 Å². The molecule has 0 aliphatic carbocycles. The molecule has 4 heteroatoms. The van der Waals surface area contributed by atoms with Gasteiger partial charge >= 0.3 is 0 Å². The Morgan fingerprint density at radius 3 is 2.75 bits per heavy atom. The van der Waals surface area contributed by atoms with E-state index in [-0.39, 0.29) is 11.5 Å². The Balaban J connectivity index is 2.89. The zero-order valence-corrected chi connectivity index (χ0v) is 9.36. The number of nitriles is 1. The molecule has 0 bridgehead atoms. The Labute approximate surface area is 95.3 Å². The first kappa shape index (κ1) is 12.3. The van der Waals surface area contributed by atoms with Crippen molar-refractivity contribution in [2.75, 3.05) is 13.7 Å². The van der Waals surface area contributed by atoms with E-state index in [1.54, 1.807) is 12.1 Å². The summed E-state index contributed by atoms with van der Waals surface area (Å²) in [5, 5.41) is 18.6. The average Bonchev–Trinajstić information content (AvgIpc) is 2.28. The molecule has 0 radical (unpaired) electrons. The quantitative estimate of drug-likeness (QED) is 0.738. The molecule has 0 saturated heterocycles. The molecule has 0 unspecified atom stereocenters. The largest absolute Gasteiger partial charge is 0.504 e. The number of hydrogen-bond donors (Lipinski definition) is 2. The monoisotopic (exact) mass is 220 g/mol. The maximum absolute atomic E-state index is 9.66. The van der Waals surface area contributed by atoms with E-state index in [9.17, 15) is 5.11 Å². The van der Waals surface area contributed by atoms with Gasteiger partial charge < -0.3 is 15.6 Å². The van der Waals surface area contributed by atoms with Crippen molar-refractivity contribution in [1.29, 1.82) is 5.26 Å². The lowest BCUT2D eigenvalue weighted by Crippen LogP contribution is -1.99. The van der Waals surface area contributed by atoms with Gasteiger partial charge in [-0.1, -0.05) is 0 Å². The van der Waals surface area contributed by atoms with E-state index in [1.165, 1.54) is 7.11 Å². The summed E-state index contributed by atoms with van der Waals surface area (Å²) in [4.78, 5) is 0. The normalized spacial score (nSPS) is 9.81. The number of phenolic OH excluding ortho intramolecular Hbond substituents is 1. The highest BCUT2D eigenvalue weighted by molar-refractivity contribution is 5.54. The first-order valence-electron chi connectivity index (χ1n) is 5.23. The Bertz CT molecular complexity index is 397. The van der Waals surface area contributed by atoms with Crippen LogP contribution < -0.4 is 10.5 Å². The van der Waals surface area contributed by atoms with Crippen LogP contribution in [-0.4, -0.2) is 18.8 Å². The van der Waals surface area contributed by atoms with Gasteiger partial charge in [-0.15, -0.1) is 0 Å². The van der Waals surface area contributed by atoms with Gasteiger partial charge in [-0.05, 0) is 43.5 Å². The molecule has 1 rings (SSSR count). The minimum absolute atomic E-state index is 0.0179. The first-order valence-corrected chi connectivity index (χ1v) is 5.23. The summed E-state index contributed by atoms with van der Waals surface area (Å²) in [6.07, 6.45) is 2.70. The van der Waals surface area contributed by atoms with E-state index in [2.05, 4.69) is 0 Å². The molecule has 1 aromatic rings. The van der Waals surface area contributed by atoms with Crippen molar-refractivity contribution in [2.45, 2.75) is 19.3 Å². The predicted molar refractivity (Wildman–Crippen MR) is 61.4 cm³/mol. The van der Waals surface area contributed by atoms with Crippen LogP contribution in [0.5, 0.6) is 11.5 Å². The van der Waals surface area contributed by atoms with Crippen molar-refractivity contribution in [1.82, 2.24) is 0 Å². The second-order valence-electron chi connectivity index (χ2n) is 3.55. The third-order valence-corrected chi connectivity index (χ3v) is 2.37. The van der Waals surface area contributed by atoms with Crippen molar-refractivity contribution in [3.05, 3.63) is 23.3 Å². The molecule has 0 aliphatic heterocycles. The van der Waals surface area contributed by atoms with Gasteiger partial charge in [0.2, 0.25) is 0 Å². The molecule has 0 atom stereocenters. The van der Waals surface area contributed by atoms with Crippen LogP contribution in [0.2, 0.25) is 0 Å². The summed E-state index contributed by atoms with van der Waals surface area (Å²) in [7, 11) is 1.43. The van der Waals surface area contributed by atoms with Gasteiger partial charge in [0.1, 0.15) is 6.07 Å². The molecular formula is C12H16N2O2. The molecule has 3 N–H and O–H groups in total. The van der Waals surface area contributed by atoms with Crippen LogP contribution >= 0.6 is 0 Å². The molecule has 0 aromatic heterocycles. The standard InChI is InChI=1S/C12H16N2O2/c1-16-12-10(8-14)6-9(7-11(12)15)4-2-3-5-13/h6-7,15H,2-5,13H2,1H3. The summed E-state index contributed by atoms with van der Waals surface area (Å²) in [6.45, 7) is 0.660. The second-order valence-corrected chi connectivity index (χ2v) is 3.55. The Morgan fingerprint density at radius 1 is 1.44 bits per heavy atom. The van der Waals surface area contributed by atoms with Crippen molar-refractivity contribution >= 4 is 0 Å². The lowest BCUT2D eigenvalue weighted by Gasteiger charge is -2.08. The SMILES string of the molecule is COc1c(O)cc(CCCCN)cc1C#N. The summed E-state index contributed by atoms with van der Waals surface area (Å²) < 4.78 is 4.96. The van der Waals surface area contributed by atoms with Crippen molar-refractivity contribution in [3.8, 4) is 17.6 Å². The van der Waals surface area contributed by atoms with Crippen molar-refractivity contribution < 1.29 is 9.84 Å². The van der Waals surface area contributed by atoms with E-state index in [0.29, 0.717) is 12.1 Å². The molecular weight excluding hydrogens is 204 g/mol. The van der Waals surface area contributed by atoms with Crippen LogP contribution in [0.15, 0.2) is 12.1 Å².